The maximum Gasteiger partial charge on any atom is 0.0273 e. The minimum Gasteiger partial charge on any atom is -0.0721 e. The lowest BCUT2D eigenvalue weighted by Crippen LogP contribution is -2.05. The van der Waals surface area contributed by atoms with Gasteiger partial charge in [-0.05, 0) is 54.4 Å². The minimum atomic E-state index is 1.25. The summed E-state index contributed by atoms with van der Waals surface area (Å²) in [4.78, 5) is 0. The van der Waals surface area contributed by atoms with Crippen molar-refractivity contribution in [1.82, 2.24) is 0 Å². The smallest absolute Gasteiger partial charge is 0.0273 e. The van der Waals surface area contributed by atoms with Crippen LogP contribution in [0.1, 0.15) is 61.3 Å². The Morgan fingerprint density at radius 1 is 1.00 bits per heavy atom. The van der Waals surface area contributed by atoms with Gasteiger partial charge in [0.25, 0.3) is 0 Å². The van der Waals surface area contributed by atoms with Gasteiger partial charge < -0.3 is 0 Å². The van der Waals surface area contributed by atoms with Crippen LogP contribution in [0, 0.1) is 5.92 Å². The summed E-state index contributed by atoms with van der Waals surface area (Å²) in [6.45, 7) is 2.27. The highest BCUT2D eigenvalue weighted by atomic mass is 14.2. The predicted octanol–water partition coefficient (Wildman–Crippen LogP) is 4.70. The lowest BCUT2D eigenvalue weighted by Gasteiger charge is -2.19. The van der Waals surface area contributed by atoms with E-state index in [1.807, 2.05) is 0 Å². The second-order valence-corrected chi connectivity index (χ2v) is 5.38. The molecule has 1 radical (unpaired) electrons. The molecular formula is C17H21. The first-order chi connectivity index (χ1) is 8.38. The fraction of sp³-hybridized carbons (Fsp3) is 0.471. The van der Waals surface area contributed by atoms with Crippen molar-refractivity contribution in [2.75, 3.05) is 0 Å². The summed E-state index contributed by atoms with van der Waals surface area (Å²) in [7, 11) is 0. The second kappa shape index (κ2) is 4.68. The number of aryl methyl sites for hydroxylation is 2. The number of benzene rings is 1. The van der Waals surface area contributed by atoms with Crippen molar-refractivity contribution in [3.63, 3.8) is 0 Å². The number of hydrogen-bond donors (Lipinski definition) is 0. The minimum absolute atomic E-state index is 1.25. The molecule has 2 aliphatic rings. The average Bonchev–Trinajstić information content (AvgIpc) is 2.76. The maximum atomic E-state index is 2.48. The van der Waals surface area contributed by atoms with Crippen molar-refractivity contribution >= 4 is 6.08 Å². The topological polar surface area (TPSA) is 0 Å². The van der Waals surface area contributed by atoms with Gasteiger partial charge in [-0.2, -0.15) is 0 Å². The molecule has 0 unspecified atom stereocenters. The molecule has 0 aromatic heterocycles. The highest BCUT2D eigenvalue weighted by Gasteiger charge is 2.20. The van der Waals surface area contributed by atoms with Crippen molar-refractivity contribution in [2.45, 2.75) is 51.9 Å². The molecule has 0 saturated carbocycles. The molecule has 0 N–H and O–H groups in total. The molecule has 1 aromatic carbocycles. The molecule has 17 heavy (non-hydrogen) atoms. The summed E-state index contributed by atoms with van der Waals surface area (Å²) in [5, 5.41) is 0. The van der Waals surface area contributed by atoms with Gasteiger partial charge in [0.2, 0.25) is 0 Å². The Hall–Kier alpha value is -1.04. The van der Waals surface area contributed by atoms with E-state index >= 15 is 0 Å². The first-order valence-corrected chi connectivity index (χ1v) is 7.08. The van der Waals surface area contributed by atoms with Gasteiger partial charge in [0.15, 0.2) is 0 Å². The summed E-state index contributed by atoms with van der Waals surface area (Å²) in [6.07, 6.45) is 13.9. The highest BCUT2D eigenvalue weighted by molar-refractivity contribution is 5.70. The Labute approximate surface area is 105 Å². The van der Waals surface area contributed by atoms with Crippen molar-refractivity contribution in [1.29, 1.82) is 0 Å². The van der Waals surface area contributed by atoms with E-state index in [9.17, 15) is 0 Å². The lowest BCUT2D eigenvalue weighted by molar-refractivity contribution is 0.684. The summed E-state index contributed by atoms with van der Waals surface area (Å²) in [6, 6.07) is 4.92. The van der Waals surface area contributed by atoms with Crippen LogP contribution >= 0.6 is 0 Å². The Morgan fingerprint density at radius 2 is 1.76 bits per heavy atom. The number of fused-ring (bicyclic) bond motifs is 2. The Bertz CT molecular complexity index is 440. The van der Waals surface area contributed by atoms with E-state index in [-0.39, 0.29) is 0 Å². The zero-order valence-corrected chi connectivity index (χ0v) is 10.8. The number of allylic oxidation sites excluding steroid dienone is 1. The molecule has 0 aliphatic heterocycles. The molecule has 89 valence electrons. The third-order valence-corrected chi connectivity index (χ3v) is 4.12. The second-order valence-electron chi connectivity index (χ2n) is 5.38. The van der Waals surface area contributed by atoms with Gasteiger partial charge in [0.1, 0.15) is 0 Å². The van der Waals surface area contributed by atoms with Crippen molar-refractivity contribution in [2.24, 2.45) is 0 Å². The monoisotopic (exact) mass is 225 g/mol. The number of unbranched alkanes of at least 4 members (excludes halogenated alkanes) is 1. The summed E-state index contributed by atoms with van der Waals surface area (Å²) in [5.74, 6) is 1.57. The molecule has 0 bridgehead atoms. The summed E-state index contributed by atoms with van der Waals surface area (Å²) in [5.41, 5.74) is 6.22. The Kier molecular flexibility index (Phi) is 3.05. The van der Waals surface area contributed by atoms with Crippen molar-refractivity contribution < 1.29 is 0 Å². The Balaban J connectivity index is 1.90. The lowest BCUT2D eigenvalue weighted by atomic mass is 9.86. The van der Waals surface area contributed by atoms with E-state index in [1.54, 1.807) is 17.0 Å². The number of rotatable bonds is 3. The van der Waals surface area contributed by atoms with E-state index in [2.05, 4.69) is 31.2 Å². The van der Waals surface area contributed by atoms with E-state index in [4.69, 9.17) is 0 Å². The maximum absolute atomic E-state index is 2.48. The van der Waals surface area contributed by atoms with Crippen LogP contribution in [0.15, 0.2) is 18.2 Å². The fourth-order valence-electron chi connectivity index (χ4n) is 3.09. The van der Waals surface area contributed by atoms with E-state index in [0.29, 0.717) is 0 Å². The van der Waals surface area contributed by atoms with E-state index < -0.39 is 0 Å². The molecule has 0 saturated heterocycles. The van der Waals surface area contributed by atoms with E-state index in [1.165, 1.54) is 56.1 Å². The highest BCUT2D eigenvalue weighted by Crippen LogP contribution is 2.36. The zero-order valence-electron chi connectivity index (χ0n) is 10.8. The van der Waals surface area contributed by atoms with Gasteiger partial charge in [0, 0.05) is 5.92 Å². The third kappa shape index (κ3) is 2.06. The van der Waals surface area contributed by atoms with Crippen LogP contribution in [0.3, 0.4) is 0 Å². The third-order valence-electron chi connectivity index (χ3n) is 4.12. The van der Waals surface area contributed by atoms with Gasteiger partial charge in [-0.25, -0.2) is 0 Å². The summed E-state index contributed by atoms with van der Waals surface area (Å²) >= 11 is 0. The van der Waals surface area contributed by atoms with Crippen molar-refractivity contribution in [3.8, 4) is 0 Å². The van der Waals surface area contributed by atoms with E-state index in [0.717, 1.165) is 0 Å². The van der Waals surface area contributed by atoms with Gasteiger partial charge in [-0.3, -0.25) is 0 Å². The molecule has 0 amide bonds. The van der Waals surface area contributed by atoms with Gasteiger partial charge >= 0.3 is 0 Å². The van der Waals surface area contributed by atoms with Crippen LogP contribution in [-0.2, 0) is 12.8 Å². The molecule has 2 aliphatic carbocycles. The van der Waals surface area contributed by atoms with Crippen LogP contribution in [0.4, 0.5) is 0 Å². The molecule has 0 fully saturated rings. The SMILES string of the molecule is CCCC[C]1C=Cc2cc3c(cc21)CCCC3. The van der Waals surface area contributed by atoms with Crippen molar-refractivity contribution in [3.05, 3.63) is 46.4 Å². The normalized spacial score (nSPS) is 18.2. The molecule has 0 spiro atoms. The van der Waals surface area contributed by atoms with Gasteiger partial charge in [-0.1, -0.05) is 44.1 Å². The standard InChI is InChI=1S/C17H21/c1-2-3-6-13-9-10-16-11-14-7-4-5-8-15(14)12-17(13)16/h9-12H,2-8H2,1H3. The first-order valence-electron chi connectivity index (χ1n) is 7.08. The molecule has 1 aromatic rings. The molecular weight excluding hydrogens is 204 g/mol. The van der Waals surface area contributed by atoms with Crippen LogP contribution in [0.5, 0.6) is 0 Å². The van der Waals surface area contributed by atoms with Gasteiger partial charge in [-0.15, -0.1) is 0 Å². The molecule has 0 nitrogen and oxygen atoms in total. The summed E-state index contributed by atoms with van der Waals surface area (Å²) < 4.78 is 0. The molecule has 3 rings (SSSR count). The molecule has 0 heterocycles. The number of hydrogen-bond acceptors (Lipinski definition) is 0. The fourth-order valence-corrected chi connectivity index (χ4v) is 3.09. The largest absolute Gasteiger partial charge is 0.0721 e. The predicted molar refractivity (Wildman–Crippen MR) is 74.0 cm³/mol. The molecule has 0 atom stereocenters. The average molecular weight is 225 g/mol. The van der Waals surface area contributed by atoms with Crippen LogP contribution in [0.2, 0.25) is 0 Å². The zero-order chi connectivity index (χ0) is 11.7. The quantitative estimate of drug-likeness (QED) is 0.699. The van der Waals surface area contributed by atoms with Crippen LogP contribution in [-0.4, -0.2) is 0 Å². The van der Waals surface area contributed by atoms with Crippen LogP contribution in [0.25, 0.3) is 6.08 Å². The first kappa shape index (κ1) is 11.1. The Morgan fingerprint density at radius 3 is 2.53 bits per heavy atom. The van der Waals surface area contributed by atoms with Crippen LogP contribution < -0.4 is 0 Å². The molecule has 0 heteroatoms. The van der Waals surface area contributed by atoms with Gasteiger partial charge in [0.05, 0.1) is 0 Å².